The lowest BCUT2D eigenvalue weighted by Gasteiger charge is -2.26. The molecule has 0 aromatic rings. The lowest BCUT2D eigenvalue weighted by atomic mass is 9.96. The van der Waals surface area contributed by atoms with Crippen LogP contribution in [0.3, 0.4) is 0 Å². The molecule has 0 radical (unpaired) electrons. The molecule has 0 aromatic carbocycles. The summed E-state index contributed by atoms with van der Waals surface area (Å²) in [7, 11) is 0. The van der Waals surface area contributed by atoms with Crippen LogP contribution in [0.25, 0.3) is 0 Å². The maximum atomic E-state index is 6.42. The van der Waals surface area contributed by atoms with Gasteiger partial charge in [0, 0.05) is 25.7 Å². The first-order valence-corrected chi connectivity index (χ1v) is 9.57. The Morgan fingerprint density at radius 3 is 2.08 bits per heavy atom. The van der Waals surface area contributed by atoms with Crippen molar-refractivity contribution in [3.63, 3.8) is 0 Å². The first kappa shape index (κ1) is 17.3. The van der Waals surface area contributed by atoms with E-state index in [0.29, 0.717) is 0 Å². The molecule has 0 aromatic heterocycles. The van der Waals surface area contributed by atoms with E-state index in [2.05, 4.69) is 19.1 Å². The van der Waals surface area contributed by atoms with Gasteiger partial charge in [0.05, 0.1) is 6.10 Å². The summed E-state index contributed by atoms with van der Waals surface area (Å²) in [6.45, 7) is 8.18. The zero-order chi connectivity index (χ0) is 17.5. The standard InChI is InChI=1S/C21H28O4/c1-4-10-17-19(25-21(23-17)13-8-9-14-21)15(3)18-16(5-2)22-20(24-18)11-6-7-12-20/h2,4,16-19H,1,3,6-14H2/t16-,17+,18-,19+/m1/s1. The molecule has 0 bridgehead atoms. The van der Waals surface area contributed by atoms with Crippen LogP contribution in [0, 0.1) is 12.3 Å². The van der Waals surface area contributed by atoms with Gasteiger partial charge >= 0.3 is 0 Å². The van der Waals surface area contributed by atoms with E-state index in [-0.39, 0.29) is 18.3 Å². The van der Waals surface area contributed by atoms with Crippen molar-refractivity contribution in [3.05, 3.63) is 24.8 Å². The number of rotatable bonds is 4. The van der Waals surface area contributed by atoms with E-state index in [1.807, 2.05) is 6.08 Å². The summed E-state index contributed by atoms with van der Waals surface area (Å²) < 4.78 is 25.2. The fourth-order valence-electron chi connectivity index (χ4n) is 4.79. The van der Waals surface area contributed by atoms with Gasteiger partial charge in [-0.2, -0.15) is 0 Å². The highest BCUT2D eigenvalue weighted by atomic mass is 16.8. The van der Waals surface area contributed by atoms with E-state index in [4.69, 9.17) is 25.4 Å². The van der Waals surface area contributed by atoms with Crippen molar-refractivity contribution in [2.45, 2.75) is 93.8 Å². The van der Waals surface area contributed by atoms with Crippen LogP contribution >= 0.6 is 0 Å². The second-order valence-electron chi connectivity index (χ2n) is 7.77. The van der Waals surface area contributed by atoms with E-state index in [9.17, 15) is 0 Å². The average Bonchev–Trinajstić information content (AvgIpc) is 3.38. The summed E-state index contributed by atoms with van der Waals surface area (Å²) in [5.41, 5.74) is 0.849. The summed E-state index contributed by atoms with van der Waals surface area (Å²) in [6.07, 6.45) is 15.5. The maximum Gasteiger partial charge on any atom is 0.171 e. The van der Waals surface area contributed by atoms with E-state index >= 15 is 0 Å². The molecule has 2 aliphatic heterocycles. The molecule has 4 aliphatic rings. The lowest BCUT2D eigenvalue weighted by Crippen LogP contribution is -2.35. The predicted octanol–water partition coefficient (Wildman–Crippen LogP) is 3.86. The van der Waals surface area contributed by atoms with Crippen LogP contribution in [0.15, 0.2) is 24.8 Å². The van der Waals surface area contributed by atoms with Crippen LogP contribution in [0.2, 0.25) is 0 Å². The van der Waals surface area contributed by atoms with E-state index in [0.717, 1.165) is 63.4 Å². The topological polar surface area (TPSA) is 36.9 Å². The van der Waals surface area contributed by atoms with Gasteiger partial charge < -0.3 is 18.9 Å². The Labute approximate surface area is 150 Å². The summed E-state index contributed by atoms with van der Waals surface area (Å²) in [6, 6.07) is 0. The summed E-state index contributed by atoms with van der Waals surface area (Å²) in [5, 5.41) is 0. The second-order valence-corrected chi connectivity index (χ2v) is 7.77. The fraction of sp³-hybridized carbons (Fsp3) is 0.714. The molecular formula is C21H28O4. The lowest BCUT2D eigenvalue weighted by molar-refractivity contribution is -0.171. The van der Waals surface area contributed by atoms with Gasteiger partial charge in [0.2, 0.25) is 0 Å². The fourth-order valence-corrected chi connectivity index (χ4v) is 4.79. The summed E-state index contributed by atoms with van der Waals surface area (Å²) >= 11 is 0. The van der Waals surface area contributed by atoms with Crippen molar-refractivity contribution in [2.24, 2.45) is 0 Å². The van der Waals surface area contributed by atoms with Crippen LogP contribution < -0.4 is 0 Å². The van der Waals surface area contributed by atoms with Crippen LogP contribution in [-0.2, 0) is 18.9 Å². The molecular weight excluding hydrogens is 316 g/mol. The average molecular weight is 344 g/mol. The zero-order valence-corrected chi connectivity index (χ0v) is 14.9. The van der Waals surface area contributed by atoms with Gasteiger partial charge in [-0.25, -0.2) is 0 Å². The first-order valence-electron chi connectivity index (χ1n) is 9.57. The smallest absolute Gasteiger partial charge is 0.171 e. The van der Waals surface area contributed by atoms with E-state index in [1.54, 1.807) is 0 Å². The van der Waals surface area contributed by atoms with Crippen molar-refractivity contribution >= 4 is 0 Å². The minimum Gasteiger partial charge on any atom is -0.343 e. The van der Waals surface area contributed by atoms with Crippen LogP contribution in [0.4, 0.5) is 0 Å². The zero-order valence-electron chi connectivity index (χ0n) is 14.9. The monoisotopic (exact) mass is 344 g/mol. The Balaban J connectivity index is 1.54. The van der Waals surface area contributed by atoms with Gasteiger partial charge in [0.15, 0.2) is 17.7 Å². The molecule has 4 heteroatoms. The highest BCUT2D eigenvalue weighted by Crippen LogP contribution is 2.48. The molecule has 2 aliphatic carbocycles. The van der Waals surface area contributed by atoms with Crippen LogP contribution in [-0.4, -0.2) is 36.0 Å². The Hall–Kier alpha value is -1.12. The van der Waals surface area contributed by atoms with Crippen LogP contribution in [0.1, 0.15) is 57.8 Å². The SMILES string of the molecule is C#C[C@H]1OC2(CCCC2)O[C@@H]1C(=C)[C@@H]1OC2(CCCC2)O[C@H]1CC=C. The number of hydrogen-bond donors (Lipinski definition) is 0. The van der Waals surface area contributed by atoms with Gasteiger partial charge in [-0.1, -0.05) is 18.6 Å². The minimum atomic E-state index is -0.525. The molecule has 4 nitrogen and oxygen atoms in total. The van der Waals surface area contributed by atoms with Crippen molar-refractivity contribution in [3.8, 4) is 12.3 Å². The van der Waals surface area contributed by atoms with Crippen molar-refractivity contribution < 1.29 is 18.9 Å². The molecule has 2 spiro atoms. The quantitative estimate of drug-likeness (QED) is 0.573. The van der Waals surface area contributed by atoms with Crippen molar-refractivity contribution in [1.29, 1.82) is 0 Å². The molecule has 2 saturated carbocycles. The van der Waals surface area contributed by atoms with Gasteiger partial charge in [0.1, 0.15) is 12.2 Å². The molecule has 4 atom stereocenters. The maximum absolute atomic E-state index is 6.42. The summed E-state index contributed by atoms with van der Waals surface area (Å²) in [5.74, 6) is 1.77. The molecule has 0 amide bonds. The molecule has 0 unspecified atom stereocenters. The predicted molar refractivity (Wildman–Crippen MR) is 94.7 cm³/mol. The third-order valence-corrected chi connectivity index (χ3v) is 6.03. The Morgan fingerprint density at radius 2 is 1.52 bits per heavy atom. The normalized spacial score (nSPS) is 38.4. The third kappa shape index (κ3) is 2.98. The highest BCUT2D eigenvalue weighted by Gasteiger charge is 2.55. The Kier molecular flexibility index (Phi) is 4.54. The highest BCUT2D eigenvalue weighted by molar-refractivity contribution is 5.23. The first-order chi connectivity index (χ1) is 12.1. The van der Waals surface area contributed by atoms with Crippen molar-refractivity contribution in [1.82, 2.24) is 0 Å². The Bertz CT molecular complexity index is 577. The molecule has 0 N–H and O–H groups in total. The van der Waals surface area contributed by atoms with Crippen LogP contribution in [0.5, 0.6) is 0 Å². The summed E-state index contributed by atoms with van der Waals surface area (Å²) in [4.78, 5) is 0. The van der Waals surface area contributed by atoms with Gasteiger partial charge in [-0.3, -0.25) is 0 Å². The molecule has 136 valence electrons. The number of terminal acetylenes is 1. The third-order valence-electron chi connectivity index (χ3n) is 6.03. The van der Waals surface area contributed by atoms with Crippen molar-refractivity contribution in [2.75, 3.05) is 0 Å². The molecule has 2 heterocycles. The largest absolute Gasteiger partial charge is 0.343 e. The Morgan fingerprint density at radius 1 is 0.960 bits per heavy atom. The molecule has 25 heavy (non-hydrogen) atoms. The van der Waals surface area contributed by atoms with Gasteiger partial charge in [0.25, 0.3) is 0 Å². The van der Waals surface area contributed by atoms with E-state index < -0.39 is 17.7 Å². The number of ether oxygens (including phenoxy) is 4. The molecule has 4 rings (SSSR count). The van der Waals surface area contributed by atoms with Gasteiger partial charge in [-0.15, -0.1) is 13.0 Å². The minimum absolute atomic E-state index is 0.0785. The molecule has 4 fully saturated rings. The van der Waals surface area contributed by atoms with Gasteiger partial charge in [-0.05, 0) is 37.7 Å². The molecule has 2 saturated heterocycles. The second kappa shape index (κ2) is 6.55. The van der Waals surface area contributed by atoms with E-state index in [1.165, 1.54) is 0 Å². The number of hydrogen-bond acceptors (Lipinski definition) is 4.